The number of carbonyl (C=O) groups is 1. The Morgan fingerprint density at radius 2 is 2.38 bits per heavy atom. The van der Waals surface area contributed by atoms with Gasteiger partial charge in [-0.25, -0.2) is 14.8 Å². The van der Waals surface area contributed by atoms with Crippen LogP contribution in [-0.2, 0) is 11.2 Å². The minimum atomic E-state index is -0.944. The van der Waals surface area contributed by atoms with Crippen LogP contribution in [-0.4, -0.2) is 34.8 Å². The average Bonchev–Trinajstić information content (AvgIpc) is 3.09. The third-order valence-corrected chi connectivity index (χ3v) is 2.59. The van der Waals surface area contributed by atoms with E-state index in [4.69, 9.17) is 9.84 Å². The molecule has 0 bridgehead atoms. The lowest BCUT2D eigenvalue weighted by atomic mass is 10.1. The topological polar surface area (TPSA) is 72.3 Å². The number of ether oxygens (including phenoxy) is 1. The van der Waals surface area contributed by atoms with Gasteiger partial charge < -0.3 is 9.84 Å². The zero-order chi connectivity index (χ0) is 11.5. The van der Waals surface area contributed by atoms with Crippen molar-refractivity contribution >= 4 is 5.97 Å². The van der Waals surface area contributed by atoms with Crippen molar-refractivity contribution in [1.82, 2.24) is 9.97 Å². The number of carboxylic acid groups (broad SMARTS) is 1. The van der Waals surface area contributed by atoms with Crippen molar-refractivity contribution in [1.29, 1.82) is 0 Å². The number of aromatic nitrogens is 2. The number of aromatic carboxylic acids is 1. The summed E-state index contributed by atoms with van der Waals surface area (Å²) >= 11 is 0. The molecule has 1 aromatic heterocycles. The Balaban J connectivity index is 2.25. The maximum absolute atomic E-state index is 11.0. The van der Waals surface area contributed by atoms with E-state index in [-0.39, 0.29) is 5.56 Å². The summed E-state index contributed by atoms with van der Waals surface area (Å²) in [5, 5.41) is 9.00. The van der Waals surface area contributed by atoms with E-state index in [1.807, 2.05) is 0 Å². The molecule has 86 valence electrons. The van der Waals surface area contributed by atoms with Gasteiger partial charge >= 0.3 is 5.97 Å². The number of hydrogen-bond acceptors (Lipinski definition) is 4. The molecule has 1 N–H and O–H groups in total. The Morgan fingerprint density at radius 3 is 2.94 bits per heavy atom. The summed E-state index contributed by atoms with van der Waals surface area (Å²) in [4.78, 5) is 19.3. The minimum absolute atomic E-state index is 0.240. The summed E-state index contributed by atoms with van der Waals surface area (Å²) in [5.74, 6) is 0.0318. The minimum Gasteiger partial charge on any atom is -0.478 e. The average molecular weight is 222 g/mol. The summed E-state index contributed by atoms with van der Waals surface area (Å²) < 4.78 is 4.94. The number of rotatable bonds is 5. The predicted molar refractivity (Wildman–Crippen MR) is 56.5 cm³/mol. The van der Waals surface area contributed by atoms with Gasteiger partial charge in [0.25, 0.3) is 0 Å². The van der Waals surface area contributed by atoms with Gasteiger partial charge in [0.15, 0.2) is 0 Å². The van der Waals surface area contributed by atoms with Crippen LogP contribution in [0.4, 0.5) is 0 Å². The van der Waals surface area contributed by atoms with Gasteiger partial charge in [0.05, 0.1) is 17.9 Å². The van der Waals surface area contributed by atoms with Gasteiger partial charge in [0.1, 0.15) is 5.82 Å². The predicted octanol–water partition coefficient (Wildman–Crippen LogP) is 1.24. The molecule has 1 saturated carbocycles. The monoisotopic (exact) mass is 222 g/mol. The molecule has 16 heavy (non-hydrogen) atoms. The lowest BCUT2D eigenvalue weighted by Gasteiger charge is -2.05. The Bertz CT molecular complexity index is 402. The Hall–Kier alpha value is -1.49. The first kappa shape index (κ1) is 11.0. The normalized spacial score (nSPS) is 15.1. The van der Waals surface area contributed by atoms with Crippen LogP contribution in [0.1, 0.15) is 40.6 Å². The molecule has 1 aromatic rings. The second-order valence-electron chi connectivity index (χ2n) is 3.91. The van der Waals surface area contributed by atoms with E-state index in [1.54, 1.807) is 7.11 Å². The smallest absolute Gasteiger partial charge is 0.339 e. The first-order chi connectivity index (χ1) is 7.72. The fraction of sp³-hybridized carbons (Fsp3) is 0.545. The molecule has 0 radical (unpaired) electrons. The van der Waals surface area contributed by atoms with E-state index in [1.165, 1.54) is 6.20 Å². The van der Waals surface area contributed by atoms with Crippen LogP contribution < -0.4 is 0 Å². The molecule has 1 aliphatic carbocycles. The highest BCUT2D eigenvalue weighted by Gasteiger charge is 2.30. The van der Waals surface area contributed by atoms with Crippen LogP contribution in [0.2, 0.25) is 0 Å². The lowest BCUT2D eigenvalue weighted by Crippen LogP contribution is -2.09. The van der Waals surface area contributed by atoms with Crippen LogP contribution in [0.3, 0.4) is 0 Å². The summed E-state index contributed by atoms with van der Waals surface area (Å²) in [6, 6.07) is 0. The van der Waals surface area contributed by atoms with Crippen LogP contribution in [0.25, 0.3) is 0 Å². The second kappa shape index (κ2) is 4.57. The molecular formula is C11H14N2O3. The molecule has 5 nitrogen and oxygen atoms in total. The van der Waals surface area contributed by atoms with Crippen molar-refractivity contribution < 1.29 is 14.6 Å². The highest BCUT2D eigenvalue weighted by Crippen LogP contribution is 2.40. The number of hydrogen-bond donors (Lipinski definition) is 1. The SMILES string of the molecule is COCCc1ncc(C(=O)O)c(C2CC2)n1. The number of nitrogens with zero attached hydrogens (tertiary/aromatic N) is 2. The molecule has 1 aliphatic rings. The number of methoxy groups -OCH3 is 1. The van der Waals surface area contributed by atoms with Gasteiger partial charge in [0, 0.05) is 25.6 Å². The van der Waals surface area contributed by atoms with E-state index in [0.29, 0.717) is 30.5 Å². The fourth-order valence-electron chi connectivity index (χ4n) is 1.58. The third kappa shape index (κ3) is 2.36. The van der Waals surface area contributed by atoms with Crippen molar-refractivity contribution in [3.05, 3.63) is 23.3 Å². The van der Waals surface area contributed by atoms with Crippen LogP contribution in [0.5, 0.6) is 0 Å². The van der Waals surface area contributed by atoms with E-state index >= 15 is 0 Å². The quantitative estimate of drug-likeness (QED) is 0.811. The summed E-state index contributed by atoms with van der Waals surface area (Å²) in [6.07, 6.45) is 4.09. The van der Waals surface area contributed by atoms with E-state index in [2.05, 4.69) is 9.97 Å². The van der Waals surface area contributed by atoms with Crippen molar-refractivity contribution in [2.24, 2.45) is 0 Å². The van der Waals surface area contributed by atoms with E-state index < -0.39 is 5.97 Å². The Kier molecular flexibility index (Phi) is 3.14. The van der Waals surface area contributed by atoms with Crippen LogP contribution in [0.15, 0.2) is 6.20 Å². The van der Waals surface area contributed by atoms with Gasteiger partial charge in [0.2, 0.25) is 0 Å². The standard InChI is InChI=1S/C11H14N2O3/c1-16-5-4-9-12-6-8(11(14)15)10(13-9)7-2-3-7/h6-7H,2-5H2,1H3,(H,14,15). The van der Waals surface area contributed by atoms with Crippen LogP contribution >= 0.6 is 0 Å². The first-order valence-corrected chi connectivity index (χ1v) is 5.30. The van der Waals surface area contributed by atoms with Crippen molar-refractivity contribution in [2.75, 3.05) is 13.7 Å². The lowest BCUT2D eigenvalue weighted by molar-refractivity contribution is 0.0694. The van der Waals surface area contributed by atoms with E-state index in [0.717, 1.165) is 12.8 Å². The summed E-state index contributed by atoms with van der Waals surface area (Å²) in [6.45, 7) is 0.552. The molecule has 0 unspecified atom stereocenters. The zero-order valence-electron chi connectivity index (χ0n) is 9.14. The maximum atomic E-state index is 11.0. The molecule has 0 saturated heterocycles. The zero-order valence-corrected chi connectivity index (χ0v) is 9.14. The van der Waals surface area contributed by atoms with Gasteiger partial charge in [-0.2, -0.15) is 0 Å². The molecule has 1 heterocycles. The molecular weight excluding hydrogens is 208 g/mol. The molecule has 0 spiro atoms. The summed E-state index contributed by atoms with van der Waals surface area (Å²) in [5.41, 5.74) is 0.928. The Morgan fingerprint density at radius 1 is 1.62 bits per heavy atom. The van der Waals surface area contributed by atoms with Gasteiger partial charge in [-0.3, -0.25) is 0 Å². The molecule has 5 heteroatoms. The van der Waals surface area contributed by atoms with Gasteiger partial charge in [-0.15, -0.1) is 0 Å². The largest absolute Gasteiger partial charge is 0.478 e. The highest BCUT2D eigenvalue weighted by atomic mass is 16.5. The molecule has 0 amide bonds. The summed E-state index contributed by atoms with van der Waals surface area (Å²) in [7, 11) is 1.62. The fourth-order valence-corrected chi connectivity index (χ4v) is 1.58. The second-order valence-corrected chi connectivity index (χ2v) is 3.91. The van der Waals surface area contributed by atoms with Crippen LogP contribution in [0, 0.1) is 0 Å². The maximum Gasteiger partial charge on any atom is 0.339 e. The highest BCUT2D eigenvalue weighted by molar-refractivity contribution is 5.88. The molecule has 0 atom stereocenters. The van der Waals surface area contributed by atoms with Crippen molar-refractivity contribution in [3.63, 3.8) is 0 Å². The van der Waals surface area contributed by atoms with Crippen molar-refractivity contribution in [3.8, 4) is 0 Å². The molecule has 1 fully saturated rings. The first-order valence-electron chi connectivity index (χ1n) is 5.30. The van der Waals surface area contributed by atoms with Gasteiger partial charge in [-0.05, 0) is 12.8 Å². The van der Waals surface area contributed by atoms with Gasteiger partial charge in [-0.1, -0.05) is 0 Å². The number of carboxylic acids is 1. The molecule has 0 aromatic carbocycles. The third-order valence-electron chi connectivity index (χ3n) is 2.59. The van der Waals surface area contributed by atoms with Crippen molar-refractivity contribution in [2.45, 2.75) is 25.2 Å². The Labute approximate surface area is 93.5 Å². The van der Waals surface area contributed by atoms with E-state index in [9.17, 15) is 4.79 Å². The molecule has 0 aliphatic heterocycles. The molecule has 2 rings (SSSR count).